The quantitative estimate of drug-likeness (QED) is 0.132. The topological polar surface area (TPSA) is 13.1 Å². The van der Waals surface area contributed by atoms with Crippen molar-refractivity contribution in [3.8, 4) is 22.3 Å². The Hall–Kier alpha value is -6.96. The first kappa shape index (κ1) is 28.7. The van der Waals surface area contributed by atoms with Gasteiger partial charge in [0.25, 0.3) is 0 Å². The molecule has 0 N–H and O–H groups in total. The van der Waals surface area contributed by atoms with Crippen molar-refractivity contribution in [3.63, 3.8) is 0 Å². The summed E-state index contributed by atoms with van der Waals surface area (Å²) in [5.41, 5.74) is 6.83. The lowest BCUT2D eigenvalue weighted by molar-refractivity contribution is 0.672. The van der Waals surface area contributed by atoms with E-state index < -0.39 is 0 Å². The van der Waals surface area contributed by atoms with Crippen LogP contribution in [0.3, 0.4) is 0 Å². The molecule has 0 spiro atoms. The fourth-order valence-electron chi connectivity index (χ4n) is 9.36. The highest BCUT2D eigenvalue weighted by molar-refractivity contribution is 6.34. The van der Waals surface area contributed by atoms with Crippen molar-refractivity contribution in [1.82, 2.24) is 0 Å². The average molecular weight is 671 g/mol. The largest absolute Gasteiger partial charge is 0.455 e. The minimum atomic E-state index is 0.910. The summed E-state index contributed by atoms with van der Waals surface area (Å²) in [6.45, 7) is 0. The van der Waals surface area contributed by atoms with E-state index in [1.807, 2.05) is 0 Å². The predicted octanol–water partition coefficient (Wildman–Crippen LogP) is 15.0. The van der Waals surface area contributed by atoms with Crippen LogP contribution in [0.2, 0.25) is 0 Å². The van der Waals surface area contributed by atoms with E-state index in [1.54, 1.807) is 0 Å². The molecule has 1 heterocycles. The molecule has 0 atom stereocenters. The van der Waals surface area contributed by atoms with Gasteiger partial charge in [-0.05, 0) is 117 Å². The van der Waals surface area contributed by atoms with Crippen molar-refractivity contribution < 1.29 is 4.42 Å². The van der Waals surface area contributed by atoms with Crippen LogP contribution in [0.15, 0.2) is 186 Å². The van der Waals surface area contributed by atoms with Gasteiger partial charge in [0.15, 0.2) is 0 Å². The molecule has 0 amide bonds. The van der Waals surface area contributed by atoms with Gasteiger partial charge in [-0.1, -0.05) is 158 Å². The molecule has 0 fully saturated rings. The van der Waals surface area contributed by atoms with E-state index in [4.69, 9.17) is 4.42 Å². The van der Waals surface area contributed by atoms with Crippen LogP contribution in [0.1, 0.15) is 0 Å². The maximum atomic E-state index is 6.54. The Morgan fingerprint density at radius 2 is 0.774 bits per heavy atom. The molecule has 0 saturated heterocycles. The minimum absolute atomic E-state index is 0.910. The summed E-state index contributed by atoms with van der Waals surface area (Å²) >= 11 is 0. The van der Waals surface area contributed by atoms with E-state index in [0.717, 1.165) is 27.3 Å². The standard InChI is InChI=1S/C52H30O/c1-2-14-33-31(13-1)25-27-44-45-29-32(26-28-48(45)53-52(33)44)49-40-21-9-11-23-42(40)51(43-24-12-10-22-41(43)49)47-30-46-36-17-4-3-15-34(36)35-16-5-7-19-38(35)50(46)39-20-8-6-18-37(39)47/h1-30H. The van der Waals surface area contributed by atoms with Crippen LogP contribution in [-0.4, -0.2) is 0 Å². The van der Waals surface area contributed by atoms with Crippen molar-refractivity contribution >= 4 is 97.3 Å². The summed E-state index contributed by atoms with van der Waals surface area (Å²) in [7, 11) is 0. The summed E-state index contributed by atoms with van der Waals surface area (Å²) < 4.78 is 6.54. The van der Waals surface area contributed by atoms with Gasteiger partial charge in [-0.2, -0.15) is 0 Å². The molecule has 12 aromatic rings. The minimum Gasteiger partial charge on any atom is -0.455 e. The van der Waals surface area contributed by atoms with Crippen molar-refractivity contribution in [2.45, 2.75) is 0 Å². The fourth-order valence-corrected chi connectivity index (χ4v) is 9.36. The van der Waals surface area contributed by atoms with E-state index >= 15 is 0 Å². The molecular weight excluding hydrogens is 641 g/mol. The molecule has 0 aliphatic heterocycles. The van der Waals surface area contributed by atoms with E-state index in [1.165, 1.54) is 92.3 Å². The van der Waals surface area contributed by atoms with E-state index in [-0.39, 0.29) is 0 Å². The monoisotopic (exact) mass is 670 g/mol. The lowest BCUT2D eigenvalue weighted by Crippen LogP contribution is -1.93. The summed E-state index contributed by atoms with van der Waals surface area (Å²) in [6, 6.07) is 66.9. The first-order chi connectivity index (χ1) is 26.3. The Morgan fingerprint density at radius 3 is 1.43 bits per heavy atom. The Morgan fingerprint density at radius 1 is 0.283 bits per heavy atom. The number of fused-ring (bicyclic) bond motifs is 15. The normalized spacial score (nSPS) is 12.2. The van der Waals surface area contributed by atoms with Gasteiger partial charge < -0.3 is 4.42 Å². The van der Waals surface area contributed by atoms with Crippen LogP contribution in [0.25, 0.3) is 120 Å². The summed E-state index contributed by atoms with van der Waals surface area (Å²) in [5, 5.41) is 19.9. The number of rotatable bonds is 2. The van der Waals surface area contributed by atoms with E-state index in [0.29, 0.717) is 0 Å². The Bertz CT molecular complexity index is 3450. The molecule has 1 nitrogen and oxygen atoms in total. The number of hydrogen-bond donors (Lipinski definition) is 0. The van der Waals surface area contributed by atoms with Crippen molar-refractivity contribution in [1.29, 1.82) is 0 Å². The Kier molecular flexibility index (Phi) is 5.84. The van der Waals surface area contributed by atoms with Crippen LogP contribution < -0.4 is 0 Å². The predicted molar refractivity (Wildman–Crippen MR) is 227 cm³/mol. The van der Waals surface area contributed by atoms with Crippen LogP contribution in [0.4, 0.5) is 0 Å². The van der Waals surface area contributed by atoms with Crippen molar-refractivity contribution in [3.05, 3.63) is 182 Å². The van der Waals surface area contributed by atoms with E-state index in [2.05, 4.69) is 182 Å². The van der Waals surface area contributed by atoms with Gasteiger partial charge in [-0.3, -0.25) is 0 Å². The summed E-state index contributed by atoms with van der Waals surface area (Å²) in [6.07, 6.45) is 0. The highest BCUT2D eigenvalue weighted by Gasteiger charge is 2.21. The van der Waals surface area contributed by atoms with Gasteiger partial charge in [0.2, 0.25) is 0 Å². The first-order valence-corrected chi connectivity index (χ1v) is 18.3. The zero-order chi connectivity index (χ0) is 34.6. The van der Waals surface area contributed by atoms with Gasteiger partial charge >= 0.3 is 0 Å². The lowest BCUT2D eigenvalue weighted by atomic mass is 9.82. The average Bonchev–Trinajstić information content (AvgIpc) is 3.61. The van der Waals surface area contributed by atoms with Crippen LogP contribution >= 0.6 is 0 Å². The summed E-state index contributed by atoms with van der Waals surface area (Å²) in [4.78, 5) is 0. The van der Waals surface area contributed by atoms with Gasteiger partial charge in [0.05, 0.1) is 0 Å². The molecule has 53 heavy (non-hydrogen) atoms. The van der Waals surface area contributed by atoms with Crippen LogP contribution in [0.5, 0.6) is 0 Å². The molecule has 0 saturated carbocycles. The molecular formula is C52H30O. The van der Waals surface area contributed by atoms with E-state index in [9.17, 15) is 0 Å². The third-order valence-electron chi connectivity index (χ3n) is 11.6. The van der Waals surface area contributed by atoms with Gasteiger partial charge in [-0.15, -0.1) is 0 Å². The smallest absolute Gasteiger partial charge is 0.143 e. The van der Waals surface area contributed by atoms with Crippen molar-refractivity contribution in [2.24, 2.45) is 0 Å². The zero-order valence-corrected chi connectivity index (χ0v) is 28.7. The summed E-state index contributed by atoms with van der Waals surface area (Å²) in [5.74, 6) is 0. The molecule has 0 bridgehead atoms. The molecule has 11 aromatic carbocycles. The molecule has 0 aliphatic carbocycles. The highest BCUT2D eigenvalue weighted by Crippen LogP contribution is 2.49. The van der Waals surface area contributed by atoms with Gasteiger partial charge in [0.1, 0.15) is 11.2 Å². The molecule has 0 radical (unpaired) electrons. The Labute approximate surface area is 304 Å². The molecule has 12 rings (SSSR count). The first-order valence-electron chi connectivity index (χ1n) is 18.3. The Balaban J connectivity index is 1.21. The number of benzene rings is 11. The van der Waals surface area contributed by atoms with Crippen molar-refractivity contribution in [2.75, 3.05) is 0 Å². The number of furan rings is 1. The molecule has 1 heteroatoms. The van der Waals surface area contributed by atoms with Gasteiger partial charge in [-0.25, -0.2) is 0 Å². The molecule has 0 unspecified atom stereocenters. The number of hydrogen-bond acceptors (Lipinski definition) is 1. The van der Waals surface area contributed by atoms with Crippen LogP contribution in [-0.2, 0) is 0 Å². The maximum absolute atomic E-state index is 6.54. The molecule has 244 valence electrons. The molecule has 1 aromatic heterocycles. The second-order valence-corrected chi connectivity index (χ2v) is 14.3. The molecule has 0 aliphatic rings. The second kappa shape index (κ2) is 10.8. The SMILES string of the molecule is c1ccc2c(c1)ccc1c3cc(-c4c5ccccc5c(-c5cc6c7ccccc7c7ccccc7c6c6ccccc56)c5ccccc45)ccc3oc21. The third-order valence-corrected chi connectivity index (χ3v) is 11.6. The maximum Gasteiger partial charge on any atom is 0.143 e. The third kappa shape index (κ3) is 3.97. The zero-order valence-electron chi connectivity index (χ0n) is 28.7. The lowest BCUT2D eigenvalue weighted by Gasteiger charge is -2.20. The van der Waals surface area contributed by atoms with Gasteiger partial charge in [0, 0.05) is 16.2 Å². The fraction of sp³-hybridized carbons (Fsp3) is 0. The second-order valence-electron chi connectivity index (χ2n) is 14.3. The highest BCUT2D eigenvalue weighted by atomic mass is 16.3. The van der Waals surface area contributed by atoms with Crippen LogP contribution in [0, 0.1) is 0 Å².